The van der Waals surface area contributed by atoms with Crippen molar-refractivity contribution in [2.24, 2.45) is 0 Å². The highest BCUT2D eigenvalue weighted by Crippen LogP contribution is 2.19. The average Bonchev–Trinajstić information content (AvgIpc) is 2.48. The maximum Gasteiger partial charge on any atom is 0.122 e. The Morgan fingerprint density at radius 2 is 1.90 bits per heavy atom. The molecule has 1 aromatic rings. The van der Waals surface area contributed by atoms with Crippen LogP contribution in [0.1, 0.15) is 19.4 Å². The molecule has 0 spiro atoms. The number of rotatable bonds is 7. The molecule has 0 amide bonds. The van der Waals surface area contributed by atoms with Gasteiger partial charge in [-0.2, -0.15) is 0 Å². The van der Waals surface area contributed by atoms with Gasteiger partial charge in [-0.1, -0.05) is 18.2 Å². The molecular weight excluding hydrogens is 264 g/mol. The molecule has 2 rings (SSSR count). The summed E-state index contributed by atoms with van der Waals surface area (Å²) in [5, 5.41) is 3.69. The van der Waals surface area contributed by atoms with E-state index in [4.69, 9.17) is 9.47 Å². The molecule has 1 heterocycles. The molecule has 0 radical (unpaired) electrons. The van der Waals surface area contributed by atoms with Gasteiger partial charge >= 0.3 is 0 Å². The lowest BCUT2D eigenvalue weighted by Gasteiger charge is -2.30. The van der Waals surface area contributed by atoms with Crippen molar-refractivity contribution in [1.29, 1.82) is 0 Å². The lowest BCUT2D eigenvalue weighted by atomic mass is 10.1. The summed E-state index contributed by atoms with van der Waals surface area (Å²) in [6.45, 7) is 9.41. The molecule has 4 nitrogen and oxygen atoms in total. The van der Waals surface area contributed by atoms with Crippen LogP contribution in [-0.4, -0.2) is 56.9 Å². The van der Waals surface area contributed by atoms with Gasteiger partial charge in [-0.15, -0.1) is 0 Å². The van der Waals surface area contributed by atoms with E-state index in [-0.39, 0.29) is 0 Å². The molecule has 0 saturated carbocycles. The van der Waals surface area contributed by atoms with E-state index in [1.807, 2.05) is 12.1 Å². The van der Waals surface area contributed by atoms with Gasteiger partial charge < -0.3 is 14.8 Å². The lowest BCUT2D eigenvalue weighted by molar-refractivity contribution is 0.0339. The van der Waals surface area contributed by atoms with Crippen LogP contribution in [0.15, 0.2) is 24.3 Å². The molecule has 1 aliphatic rings. The number of nitrogens with zero attached hydrogens (tertiary/aromatic N) is 1. The Bertz CT molecular complexity index is 419. The Morgan fingerprint density at radius 3 is 2.62 bits per heavy atom. The van der Waals surface area contributed by atoms with Crippen LogP contribution in [0.25, 0.3) is 0 Å². The summed E-state index contributed by atoms with van der Waals surface area (Å²) in [4.78, 5) is 2.47. The van der Waals surface area contributed by atoms with Gasteiger partial charge in [0.25, 0.3) is 0 Å². The molecule has 4 heteroatoms. The first kappa shape index (κ1) is 16.3. The van der Waals surface area contributed by atoms with Gasteiger partial charge in [-0.3, -0.25) is 4.90 Å². The predicted molar refractivity (Wildman–Crippen MR) is 86.0 cm³/mol. The summed E-state index contributed by atoms with van der Waals surface area (Å²) in [6, 6.07) is 9.16. The second kappa shape index (κ2) is 8.37. The van der Waals surface area contributed by atoms with Crippen LogP contribution in [0.2, 0.25) is 0 Å². The summed E-state index contributed by atoms with van der Waals surface area (Å²) < 4.78 is 10.8. The van der Waals surface area contributed by atoms with E-state index in [1.54, 1.807) is 7.11 Å². The van der Waals surface area contributed by atoms with E-state index in [2.05, 4.69) is 36.2 Å². The second-order valence-corrected chi connectivity index (χ2v) is 5.90. The molecule has 21 heavy (non-hydrogen) atoms. The van der Waals surface area contributed by atoms with Crippen molar-refractivity contribution in [2.45, 2.75) is 32.4 Å². The fraction of sp³-hybridized carbons (Fsp3) is 0.647. The summed E-state index contributed by atoms with van der Waals surface area (Å²) in [7, 11) is 1.73. The molecule has 2 unspecified atom stereocenters. The third-order valence-electron chi connectivity index (χ3n) is 3.92. The fourth-order valence-corrected chi connectivity index (χ4v) is 2.97. The number of hydrogen-bond acceptors (Lipinski definition) is 4. The molecule has 118 valence electrons. The maximum atomic E-state index is 5.42. The van der Waals surface area contributed by atoms with Crippen LogP contribution in [0, 0.1) is 0 Å². The maximum absolute atomic E-state index is 5.42. The molecule has 1 aliphatic heterocycles. The van der Waals surface area contributed by atoms with E-state index in [0.29, 0.717) is 12.1 Å². The van der Waals surface area contributed by atoms with Gasteiger partial charge in [0, 0.05) is 31.7 Å². The van der Waals surface area contributed by atoms with Gasteiger partial charge in [0.1, 0.15) is 5.75 Å². The second-order valence-electron chi connectivity index (χ2n) is 5.90. The number of ether oxygens (including phenoxy) is 2. The molecule has 0 bridgehead atoms. The highest BCUT2D eigenvalue weighted by Gasteiger charge is 2.15. The molecule has 1 N–H and O–H groups in total. The molecule has 1 saturated heterocycles. The van der Waals surface area contributed by atoms with Crippen LogP contribution >= 0.6 is 0 Å². The first-order chi connectivity index (χ1) is 10.2. The van der Waals surface area contributed by atoms with E-state index in [0.717, 1.165) is 45.0 Å². The van der Waals surface area contributed by atoms with Crippen LogP contribution in [0.4, 0.5) is 0 Å². The number of methoxy groups -OCH3 is 1. The number of para-hydroxylation sites is 1. The number of nitrogens with one attached hydrogen (secondary N) is 1. The zero-order valence-corrected chi connectivity index (χ0v) is 13.5. The highest BCUT2D eigenvalue weighted by atomic mass is 16.5. The summed E-state index contributed by atoms with van der Waals surface area (Å²) in [5.74, 6) is 0.979. The summed E-state index contributed by atoms with van der Waals surface area (Å²) >= 11 is 0. The molecule has 1 fully saturated rings. The Kier molecular flexibility index (Phi) is 6.49. The minimum absolute atomic E-state index is 0.428. The minimum Gasteiger partial charge on any atom is -0.496 e. The Morgan fingerprint density at radius 1 is 1.19 bits per heavy atom. The lowest BCUT2D eigenvalue weighted by Crippen LogP contribution is -2.47. The van der Waals surface area contributed by atoms with Gasteiger partial charge in [0.05, 0.1) is 20.3 Å². The largest absolute Gasteiger partial charge is 0.496 e. The van der Waals surface area contributed by atoms with Crippen molar-refractivity contribution in [1.82, 2.24) is 10.2 Å². The third-order valence-corrected chi connectivity index (χ3v) is 3.92. The van der Waals surface area contributed by atoms with Crippen molar-refractivity contribution in [2.75, 3.05) is 40.0 Å². The monoisotopic (exact) mass is 292 g/mol. The van der Waals surface area contributed by atoms with E-state index < -0.39 is 0 Å². The Labute approximate surface area is 128 Å². The summed E-state index contributed by atoms with van der Waals surface area (Å²) in [6.07, 6.45) is 0.984. The standard InChI is InChI=1S/C17H28N2O2/c1-14(12-16-6-4-5-7-17(16)20-3)18-15(2)13-19-8-10-21-11-9-19/h4-7,14-15,18H,8-13H2,1-3H3. The summed E-state index contributed by atoms with van der Waals surface area (Å²) in [5.41, 5.74) is 1.26. The van der Waals surface area contributed by atoms with E-state index in [1.165, 1.54) is 5.56 Å². The molecule has 0 aromatic heterocycles. The predicted octanol–water partition coefficient (Wildman–Crippen LogP) is 1.94. The van der Waals surface area contributed by atoms with Gasteiger partial charge in [-0.05, 0) is 31.9 Å². The number of hydrogen-bond donors (Lipinski definition) is 1. The minimum atomic E-state index is 0.428. The molecule has 1 aromatic carbocycles. The quantitative estimate of drug-likeness (QED) is 0.833. The van der Waals surface area contributed by atoms with Gasteiger partial charge in [0.15, 0.2) is 0 Å². The number of morpholine rings is 1. The van der Waals surface area contributed by atoms with Crippen molar-refractivity contribution in [3.05, 3.63) is 29.8 Å². The zero-order chi connectivity index (χ0) is 15.1. The first-order valence-electron chi connectivity index (χ1n) is 7.87. The third kappa shape index (κ3) is 5.30. The SMILES string of the molecule is COc1ccccc1CC(C)NC(C)CN1CCOCC1. The van der Waals surface area contributed by atoms with Crippen LogP contribution < -0.4 is 10.1 Å². The van der Waals surface area contributed by atoms with Crippen molar-refractivity contribution < 1.29 is 9.47 Å². The molecule has 2 atom stereocenters. The number of benzene rings is 1. The Hall–Kier alpha value is -1.10. The average molecular weight is 292 g/mol. The van der Waals surface area contributed by atoms with Crippen molar-refractivity contribution in [3.63, 3.8) is 0 Å². The van der Waals surface area contributed by atoms with E-state index in [9.17, 15) is 0 Å². The van der Waals surface area contributed by atoms with Gasteiger partial charge in [-0.25, -0.2) is 0 Å². The topological polar surface area (TPSA) is 33.7 Å². The Balaban J connectivity index is 1.79. The molecule has 0 aliphatic carbocycles. The van der Waals surface area contributed by atoms with Crippen molar-refractivity contribution in [3.8, 4) is 5.75 Å². The van der Waals surface area contributed by atoms with Crippen molar-refractivity contribution >= 4 is 0 Å². The zero-order valence-electron chi connectivity index (χ0n) is 13.5. The molecular formula is C17H28N2O2. The normalized spacial score (nSPS) is 19.2. The van der Waals surface area contributed by atoms with Crippen LogP contribution in [-0.2, 0) is 11.2 Å². The fourth-order valence-electron chi connectivity index (χ4n) is 2.97. The highest BCUT2D eigenvalue weighted by molar-refractivity contribution is 5.33. The smallest absolute Gasteiger partial charge is 0.122 e. The van der Waals surface area contributed by atoms with E-state index >= 15 is 0 Å². The van der Waals surface area contributed by atoms with Crippen LogP contribution in [0.3, 0.4) is 0 Å². The first-order valence-corrected chi connectivity index (χ1v) is 7.87. The van der Waals surface area contributed by atoms with Crippen LogP contribution in [0.5, 0.6) is 5.75 Å². The van der Waals surface area contributed by atoms with Gasteiger partial charge in [0.2, 0.25) is 0 Å².